The van der Waals surface area contributed by atoms with Crippen LogP contribution in [0.25, 0.3) is 0 Å². The molecule has 0 aromatic heterocycles. The Bertz CT molecular complexity index is 593. The molecule has 0 aliphatic carbocycles. The maximum Gasteiger partial charge on any atom is 0.269 e. The minimum atomic E-state index is -0.608. The fourth-order valence-electron chi connectivity index (χ4n) is 1.83. The first kappa shape index (κ1) is 14.0. The van der Waals surface area contributed by atoms with Crippen LogP contribution in [0.15, 0.2) is 48.5 Å². The second-order valence-electron chi connectivity index (χ2n) is 4.43. The van der Waals surface area contributed by atoms with E-state index in [4.69, 9.17) is 4.74 Å². The summed E-state index contributed by atoms with van der Waals surface area (Å²) in [6, 6.07) is 13.5. The molecule has 0 radical (unpaired) electrons. The zero-order valence-corrected chi connectivity index (χ0v) is 11.0. The number of nitro benzene ring substituents is 1. The first-order valence-corrected chi connectivity index (χ1v) is 6.21. The van der Waals surface area contributed by atoms with Gasteiger partial charge in [0, 0.05) is 17.7 Å². The summed E-state index contributed by atoms with van der Waals surface area (Å²) in [6.45, 7) is 1.97. The molecular formula is C15H15NO4. The number of ether oxygens (including phenoxy) is 1. The maximum absolute atomic E-state index is 10.6. The van der Waals surface area contributed by atoms with Crippen molar-refractivity contribution in [3.63, 3.8) is 0 Å². The summed E-state index contributed by atoms with van der Waals surface area (Å²) in [6.07, 6.45) is -0.608. The molecule has 0 saturated carbocycles. The summed E-state index contributed by atoms with van der Waals surface area (Å²) >= 11 is 0. The number of hydrogen-bond donors (Lipinski definition) is 1. The molecule has 0 fully saturated rings. The zero-order chi connectivity index (χ0) is 14.5. The third kappa shape index (κ3) is 3.33. The monoisotopic (exact) mass is 273 g/mol. The molecule has 1 atom stereocenters. The molecule has 0 saturated heterocycles. The van der Waals surface area contributed by atoms with E-state index in [-0.39, 0.29) is 5.69 Å². The number of aliphatic hydroxyl groups excluding tert-OH is 1. The van der Waals surface area contributed by atoms with E-state index < -0.39 is 11.0 Å². The molecule has 5 nitrogen and oxygen atoms in total. The molecule has 0 aliphatic heterocycles. The summed E-state index contributed by atoms with van der Waals surface area (Å²) < 4.78 is 5.65. The van der Waals surface area contributed by atoms with E-state index >= 15 is 0 Å². The summed E-state index contributed by atoms with van der Waals surface area (Å²) in [7, 11) is 0. The molecule has 0 bridgehead atoms. The molecule has 0 heterocycles. The lowest BCUT2D eigenvalue weighted by Gasteiger charge is -2.13. The molecule has 0 amide bonds. The highest BCUT2D eigenvalue weighted by Crippen LogP contribution is 2.25. The predicted octanol–water partition coefficient (Wildman–Crippen LogP) is 3.23. The Morgan fingerprint density at radius 1 is 1.20 bits per heavy atom. The standard InChI is InChI=1S/C15H15NO4/c1-11(17)14-4-2-3-5-15(14)20-10-12-6-8-13(9-7-12)16(18)19/h2-9,11,17H,10H2,1H3/t11-/m0/s1. The lowest BCUT2D eigenvalue weighted by atomic mass is 10.1. The Hall–Kier alpha value is -2.40. The van der Waals surface area contributed by atoms with Gasteiger partial charge >= 0.3 is 0 Å². The van der Waals surface area contributed by atoms with E-state index in [1.54, 1.807) is 31.2 Å². The van der Waals surface area contributed by atoms with Gasteiger partial charge in [-0.1, -0.05) is 18.2 Å². The van der Waals surface area contributed by atoms with Crippen LogP contribution >= 0.6 is 0 Å². The van der Waals surface area contributed by atoms with Crippen molar-refractivity contribution >= 4 is 5.69 Å². The van der Waals surface area contributed by atoms with Gasteiger partial charge in [-0.25, -0.2) is 0 Å². The van der Waals surface area contributed by atoms with Gasteiger partial charge in [-0.05, 0) is 30.7 Å². The highest BCUT2D eigenvalue weighted by Gasteiger charge is 2.09. The van der Waals surface area contributed by atoms with E-state index in [0.717, 1.165) is 11.1 Å². The number of non-ortho nitro benzene ring substituents is 1. The van der Waals surface area contributed by atoms with Gasteiger partial charge in [0.15, 0.2) is 0 Å². The molecule has 2 aromatic rings. The number of benzene rings is 2. The van der Waals surface area contributed by atoms with E-state index in [2.05, 4.69) is 0 Å². The van der Waals surface area contributed by atoms with Gasteiger partial charge < -0.3 is 9.84 Å². The van der Waals surface area contributed by atoms with Crippen molar-refractivity contribution in [2.75, 3.05) is 0 Å². The first-order chi connectivity index (χ1) is 9.58. The van der Waals surface area contributed by atoms with Crippen molar-refractivity contribution < 1.29 is 14.8 Å². The quantitative estimate of drug-likeness (QED) is 0.670. The van der Waals surface area contributed by atoms with Crippen LogP contribution in [0.4, 0.5) is 5.69 Å². The maximum atomic E-state index is 10.6. The largest absolute Gasteiger partial charge is 0.489 e. The average molecular weight is 273 g/mol. The summed E-state index contributed by atoms with van der Waals surface area (Å²) in [5.74, 6) is 0.612. The molecule has 2 rings (SSSR count). The van der Waals surface area contributed by atoms with Crippen LogP contribution in [0.1, 0.15) is 24.2 Å². The Kier molecular flexibility index (Phi) is 4.32. The van der Waals surface area contributed by atoms with Gasteiger partial charge in [0.25, 0.3) is 5.69 Å². The van der Waals surface area contributed by atoms with Gasteiger partial charge in [-0.3, -0.25) is 10.1 Å². The zero-order valence-electron chi connectivity index (χ0n) is 11.0. The number of nitrogens with zero attached hydrogens (tertiary/aromatic N) is 1. The second kappa shape index (κ2) is 6.16. The summed E-state index contributed by atoms with van der Waals surface area (Å²) in [5, 5.41) is 20.2. The van der Waals surface area contributed by atoms with Crippen LogP contribution in [0.2, 0.25) is 0 Å². The number of rotatable bonds is 5. The van der Waals surface area contributed by atoms with Gasteiger partial charge in [-0.15, -0.1) is 0 Å². The van der Waals surface area contributed by atoms with Crippen LogP contribution in [0.5, 0.6) is 5.75 Å². The topological polar surface area (TPSA) is 72.6 Å². The summed E-state index contributed by atoms with van der Waals surface area (Å²) in [5.41, 5.74) is 1.60. The smallest absolute Gasteiger partial charge is 0.269 e. The molecule has 0 aliphatic rings. The van der Waals surface area contributed by atoms with Crippen molar-refractivity contribution in [1.82, 2.24) is 0 Å². The number of para-hydroxylation sites is 1. The van der Waals surface area contributed by atoms with Gasteiger partial charge in [0.1, 0.15) is 12.4 Å². The SMILES string of the molecule is C[C@H](O)c1ccccc1OCc1ccc([N+](=O)[O-])cc1. The van der Waals surface area contributed by atoms with Gasteiger partial charge in [-0.2, -0.15) is 0 Å². The third-order valence-corrected chi connectivity index (χ3v) is 2.91. The Labute approximate surface area is 116 Å². The van der Waals surface area contributed by atoms with E-state index in [1.807, 2.05) is 12.1 Å². The minimum absolute atomic E-state index is 0.0538. The average Bonchev–Trinajstić information content (AvgIpc) is 2.45. The third-order valence-electron chi connectivity index (χ3n) is 2.91. The van der Waals surface area contributed by atoms with Gasteiger partial charge in [0.2, 0.25) is 0 Å². The lowest BCUT2D eigenvalue weighted by molar-refractivity contribution is -0.384. The second-order valence-corrected chi connectivity index (χ2v) is 4.43. The number of nitro groups is 1. The Morgan fingerprint density at radius 3 is 2.45 bits per heavy atom. The minimum Gasteiger partial charge on any atom is -0.489 e. The highest BCUT2D eigenvalue weighted by molar-refractivity contribution is 5.36. The molecule has 104 valence electrons. The predicted molar refractivity (Wildman–Crippen MR) is 74.5 cm³/mol. The van der Waals surface area contributed by atoms with Crippen molar-refractivity contribution in [2.45, 2.75) is 19.6 Å². The molecule has 0 spiro atoms. The van der Waals surface area contributed by atoms with Crippen molar-refractivity contribution in [3.05, 3.63) is 69.8 Å². The van der Waals surface area contributed by atoms with Crippen LogP contribution in [0.3, 0.4) is 0 Å². The van der Waals surface area contributed by atoms with Crippen LogP contribution in [0, 0.1) is 10.1 Å². The molecule has 5 heteroatoms. The Morgan fingerprint density at radius 2 is 1.85 bits per heavy atom. The molecule has 2 aromatic carbocycles. The molecule has 0 unspecified atom stereocenters. The van der Waals surface area contributed by atoms with E-state index in [9.17, 15) is 15.2 Å². The van der Waals surface area contributed by atoms with Crippen LogP contribution in [-0.4, -0.2) is 10.0 Å². The van der Waals surface area contributed by atoms with E-state index in [1.165, 1.54) is 12.1 Å². The van der Waals surface area contributed by atoms with Gasteiger partial charge in [0.05, 0.1) is 11.0 Å². The van der Waals surface area contributed by atoms with E-state index in [0.29, 0.717) is 12.4 Å². The normalized spacial score (nSPS) is 11.9. The molecule has 1 N–H and O–H groups in total. The van der Waals surface area contributed by atoms with Crippen molar-refractivity contribution in [1.29, 1.82) is 0 Å². The Balaban J connectivity index is 2.07. The summed E-state index contributed by atoms with van der Waals surface area (Å²) in [4.78, 5) is 10.1. The van der Waals surface area contributed by atoms with Crippen molar-refractivity contribution in [3.8, 4) is 5.75 Å². The number of hydrogen-bond acceptors (Lipinski definition) is 4. The van der Waals surface area contributed by atoms with Crippen molar-refractivity contribution in [2.24, 2.45) is 0 Å². The molecular weight excluding hydrogens is 258 g/mol. The molecule has 20 heavy (non-hydrogen) atoms. The van der Waals surface area contributed by atoms with Crippen LogP contribution in [-0.2, 0) is 6.61 Å². The first-order valence-electron chi connectivity index (χ1n) is 6.21. The number of aliphatic hydroxyl groups is 1. The fourth-order valence-corrected chi connectivity index (χ4v) is 1.83. The lowest BCUT2D eigenvalue weighted by Crippen LogP contribution is -2.01. The van der Waals surface area contributed by atoms with Crippen LogP contribution < -0.4 is 4.74 Å². The fraction of sp³-hybridized carbons (Fsp3) is 0.200. The highest BCUT2D eigenvalue weighted by atomic mass is 16.6.